The first-order valence-corrected chi connectivity index (χ1v) is 10.8. The molecule has 10 heteroatoms. The number of likely N-dealkylation sites (tertiary alicyclic amines) is 1. The van der Waals surface area contributed by atoms with E-state index in [1.165, 1.54) is 24.4 Å². The van der Waals surface area contributed by atoms with Gasteiger partial charge in [-0.25, -0.2) is 4.98 Å². The summed E-state index contributed by atoms with van der Waals surface area (Å²) in [5.74, 6) is 0.921. The lowest BCUT2D eigenvalue weighted by Crippen LogP contribution is -2.48. The number of alkyl halides is 3. The molecule has 2 saturated carbocycles. The lowest BCUT2D eigenvalue weighted by Gasteiger charge is -2.36. The van der Waals surface area contributed by atoms with Crippen LogP contribution in [0.2, 0.25) is 0 Å². The van der Waals surface area contributed by atoms with Crippen LogP contribution in [-0.4, -0.2) is 58.4 Å². The molecule has 2 aromatic heterocycles. The number of nitrogen functional groups attached to an aromatic ring is 1. The zero-order valence-corrected chi connectivity index (χ0v) is 16.9. The van der Waals surface area contributed by atoms with E-state index in [4.69, 9.17) is 15.6 Å². The maximum Gasteiger partial charge on any atom is 0.573 e. The summed E-state index contributed by atoms with van der Waals surface area (Å²) < 4.78 is 49.6. The SMILES string of the molecule is Nc1ncc(-c2cc(C3C4CN(C5COC5)C[C@@H]43)n(C3CCC3)n2)cc1OC(F)(F)F. The average Bonchev–Trinajstić information content (AvgIpc) is 2.96. The van der Waals surface area contributed by atoms with Crippen molar-refractivity contribution < 1.29 is 22.6 Å². The molecule has 31 heavy (non-hydrogen) atoms. The standard InChI is InChI=1S/C21H24F3N5O2/c22-21(23,24)31-18-4-11(6-26-20(18)25)16-5-17(29(27-16)12-2-1-3-12)19-14-7-28(8-15(14)19)13-9-30-10-13/h4-6,12-15,19H,1-3,7-10H2,(H2,25,26)/t14-,15?,19?/m0/s1. The third-order valence-corrected chi connectivity index (χ3v) is 7.29. The molecule has 7 nitrogen and oxygen atoms in total. The number of ether oxygens (including phenoxy) is 2. The first kappa shape index (κ1) is 19.4. The zero-order chi connectivity index (χ0) is 21.3. The second kappa shape index (κ2) is 6.83. The van der Waals surface area contributed by atoms with Gasteiger partial charge in [0.15, 0.2) is 11.6 Å². The van der Waals surface area contributed by atoms with Gasteiger partial charge >= 0.3 is 6.36 Å². The maximum absolute atomic E-state index is 12.7. The van der Waals surface area contributed by atoms with Crippen molar-refractivity contribution in [3.05, 3.63) is 24.0 Å². The molecule has 166 valence electrons. The Bertz CT molecular complexity index is 989. The van der Waals surface area contributed by atoms with E-state index >= 15 is 0 Å². The van der Waals surface area contributed by atoms with E-state index in [2.05, 4.69) is 19.3 Å². The summed E-state index contributed by atoms with van der Waals surface area (Å²) in [6.07, 6.45) is -0.0108. The van der Waals surface area contributed by atoms with Gasteiger partial charge in [0, 0.05) is 36.5 Å². The van der Waals surface area contributed by atoms with Gasteiger partial charge in [0.1, 0.15) is 0 Å². The van der Waals surface area contributed by atoms with Crippen LogP contribution in [0.25, 0.3) is 11.3 Å². The monoisotopic (exact) mass is 435 g/mol. The molecule has 0 aromatic carbocycles. The highest BCUT2D eigenvalue weighted by Crippen LogP contribution is 2.59. The zero-order valence-electron chi connectivity index (χ0n) is 16.9. The predicted octanol–water partition coefficient (Wildman–Crippen LogP) is 3.19. The normalized spacial score (nSPS) is 28.8. The molecule has 0 bridgehead atoms. The Labute approximate surface area is 177 Å². The molecule has 4 aliphatic rings. The number of fused-ring (bicyclic) bond motifs is 1. The van der Waals surface area contributed by atoms with E-state index in [0.29, 0.717) is 41.1 Å². The van der Waals surface area contributed by atoms with Crippen molar-refractivity contribution in [3.63, 3.8) is 0 Å². The Morgan fingerprint density at radius 1 is 1.10 bits per heavy atom. The van der Waals surface area contributed by atoms with Crippen LogP contribution in [-0.2, 0) is 4.74 Å². The molecule has 2 unspecified atom stereocenters. The molecule has 2 aliphatic carbocycles. The largest absolute Gasteiger partial charge is 0.573 e. The first-order valence-electron chi connectivity index (χ1n) is 10.8. The molecule has 4 heterocycles. The molecule has 0 spiro atoms. The van der Waals surface area contributed by atoms with Crippen molar-refractivity contribution >= 4 is 5.82 Å². The molecule has 0 amide bonds. The van der Waals surface area contributed by atoms with Crippen LogP contribution in [0.3, 0.4) is 0 Å². The van der Waals surface area contributed by atoms with E-state index in [-0.39, 0.29) is 5.82 Å². The minimum atomic E-state index is -4.83. The fraction of sp³-hybridized carbons (Fsp3) is 0.619. The topological polar surface area (TPSA) is 78.4 Å². The highest BCUT2D eigenvalue weighted by atomic mass is 19.4. The Hall–Kier alpha value is -2.33. The molecule has 2 N–H and O–H groups in total. The van der Waals surface area contributed by atoms with Gasteiger partial charge in [-0.2, -0.15) is 5.10 Å². The predicted molar refractivity (Wildman–Crippen MR) is 105 cm³/mol. The molecule has 2 aliphatic heterocycles. The molecule has 0 radical (unpaired) electrons. The van der Waals surface area contributed by atoms with Crippen LogP contribution in [0.4, 0.5) is 19.0 Å². The lowest BCUT2D eigenvalue weighted by molar-refractivity contribution is -0.274. The third-order valence-electron chi connectivity index (χ3n) is 7.29. The van der Waals surface area contributed by atoms with Gasteiger partial charge in [0.2, 0.25) is 0 Å². The van der Waals surface area contributed by atoms with Crippen molar-refractivity contribution in [1.29, 1.82) is 0 Å². The van der Waals surface area contributed by atoms with Crippen molar-refractivity contribution in [2.24, 2.45) is 11.8 Å². The molecule has 2 saturated heterocycles. The maximum atomic E-state index is 12.7. The van der Waals surface area contributed by atoms with Crippen LogP contribution in [0, 0.1) is 11.8 Å². The smallest absolute Gasteiger partial charge is 0.402 e. The van der Waals surface area contributed by atoms with E-state index in [1.807, 2.05) is 6.07 Å². The Morgan fingerprint density at radius 3 is 2.42 bits per heavy atom. The highest BCUT2D eigenvalue weighted by molar-refractivity contribution is 5.64. The number of anilines is 1. The van der Waals surface area contributed by atoms with E-state index in [1.54, 1.807) is 0 Å². The molecule has 6 rings (SSSR count). The Morgan fingerprint density at radius 2 is 1.84 bits per heavy atom. The molecular weight excluding hydrogens is 411 g/mol. The number of halogens is 3. The van der Waals surface area contributed by atoms with Crippen LogP contribution < -0.4 is 10.5 Å². The fourth-order valence-electron chi connectivity index (χ4n) is 5.25. The molecule has 2 aromatic rings. The van der Waals surface area contributed by atoms with Gasteiger partial charge in [-0.15, -0.1) is 13.2 Å². The minimum absolute atomic E-state index is 0.295. The van der Waals surface area contributed by atoms with Crippen molar-refractivity contribution in [1.82, 2.24) is 19.7 Å². The number of nitrogens with two attached hydrogens (primary N) is 1. The summed E-state index contributed by atoms with van der Waals surface area (Å²) in [4.78, 5) is 6.44. The van der Waals surface area contributed by atoms with Gasteiger partial charge < -0.3 is 15.2 Å². The highest BCUT2D eigenvalue weighted by Gasteiger charge is 2.59. The van der Waals surface area contributed by atoms with E-state index < -0.39 is 12.1 Å². The van der Waals surface area contributed by atoms with Crippen LogP contribution in [0.1, 0.15) is 36.9 Å². The summed E-state index contributed by atoms with van der Waals surface area (Å²) in [7, 11) is 0. The first-order chi connectivity index (χ1) is 14.9. The van der Waals surface area contributed by atoms with Crippen LogP contribution >= 0.6 is 0 Å². The van der Waals surface area contributed by atoms with Crippen molar-refractivity contribution in [2.75, 3.05) is 32.0 Å². The van der Waals surface area contributed by atoms with Crippen LogP contribution in [0.5, 0.6) is 5.75 Å². The average molecular weight is 435 g/mol. The lowest BCUT2D eigenvalue weighted by atomic mass is 9.93. The molecule has 3 atom stereocenters. The molecule has 4 fully saturated rings. The number of piperidine rings is 1. The fourth-order valence-corrected chi connectivity index (χ4v) is 5.25. The van der Waals surface area contributed by atoms with Gasteiger partial charge in [0.05, 0.1) is 31.0 Å². The number of nitrogens with zero attached hydrogens (tertiary/aromatic N) is 4. The second-order valence-corrected chi connectivity index (χ2v) is 9.14. The van der Waals surface area contributed by atoms with Gasteiger partial charge in [-0.05, 0) is 43.2 Å². The summed E-state index contributed by atoms with van der Waals surface area (Å²) in [5, 5.41) is 4.81. The minimum Gasteiger partial charge on any atom is -0.402 e. The Kier molecular flexibility index (Phi) is 4.27. The van der Waals surface area contributed by atoms with E-state index in [9.17, 15) is 13.2 Å². The summed E-state index contributed by atoms with van der Waals surface area (Å²) in [6.45, 7) is 3.84. The number of hydrogen-bond acceptors (Lipinski definition) is 6. The van der Waals surface area contributed by atoms with Gasteiger partial charge in [0.25, 0.3) is 0 Å². The number of pyridine rings is 1. The van der Waals surface area contributed by atoms with Crippen molar-refractivity contribution in [2.45, 2.75) is 43.6 Å². The second-order valence-electron chi connectivity index (χ2n) is 9.14. The van der Waals surface area contributed by atoms with Gasteiger partial charge in [-0.1, -0.05) is 0 Å². The quantitative estimate of drug-likeness (QED) is 0.777. The van der Waals surface area contributed by atoms with E-state index in [0.717, 1.165) is 39.1 Å². The Balaban J connectivity index is 1.28. The summed E-state index contributed by atoms with van der Waals surface area (Å²) >= 11 is 0. The molecular formula is C21H24F3N5O2. The van der Waals surface area contributed by atoms with Crippen LogP contribution in [0.15, 0.2) is 18.3 Å². The summed E-state index contributed by atoms with van der Waals surface area (Å²) in [6, 6.07) is 4.24. The van der Waals surface area contributed by atoms with Crippen molar-refractivity contribution in [3.8, 4) is 17.0 Å². The van der Waals surface area contributed by atoms with Gasteiger partial charge in [-0.3, -0.25) is 9.58 Å². The third kappa shape index (κ3) is 3.36. The number of hydrogen-bond donors (Lipinski definition) is 1. The summed E-state index contributed by atoms with van der Waals surface area (Å²) in [5.41, 5.74) is 7.89. The number of aromatic nitrogens is 3. The number of rotatable bonds is 5.